The van der Waals surface area contributed by atoms with Gasteiger partial charge < -0.3 is 9.88 Å². The van der Waals surface area contributed by atoms with Crippen LogP contribution in [0.5, 0.6) is 0 Å². The standard InChI is InChI=1S/C11H13BrN4/c1-7-15-11-10(4-8(12)5-14-11)16(7)9-2-3-13-6-9/h4-5,9,13H,2-3,6H2,1H3/t9-/m0/s1. The topological polar surface area (TPSA) is 42.7 Å². The summed E-state index contributed by atoms with van der Waals surface area (Å²) < 4.78 is 3.31. The van der Waals surface area contributed by atoms with Crippen molar-refractivity contribution in [2.45, 2.75) is 19.4 Å². The van der Waals surface area contributed by atoms with Crippen molar-refractivity contribution in [2.24, 2.45) is 0 Å². The normalized spacial score (nSPS) is 20.8. The van der Waals surface area contributed by atoms with Gasteiger partial charge in [0.25, 0.3) is 0 Å². The Kier molecular flexibility index (Phi) is 2.44. The van der Waals surface area contributed by atoms with Crippen molar-refractivity contribution in [3.8, 4) is 0 Å². The number of halogens is 1. The molecule has 3 heterocycles. The highest BCUT2D eigenvalue weighted by Gasteiger charge is 2.21. The van der Waals surface area contributed by atoms with Crippen LogP contribution in [-0.2, 0) is 0 Å². The van der Waals surface area contributed by atoms with Crippen LogP contribution in [0.3, 0.4) is 0 Å². The van der Waals surface area contributed by atoms with E-state index in [0.717, 1.165) is 34.6 Å². The highest BCUT2D eigenvalue weighted by Crippen LogP contribution is 2.25. The van der Waals surface area contributed by atoms with E-state index in [1.807, 2.05) is 6.92 Å². The molecule has 1 atom stereocenters. The minimum absolute atomic E-state index is 0.515. The third-order valence-electron chi connectivity index (χ3n) is 3.09. The zero-order valence-corrected chi connectivity index (χ0v) is 10.7. The molecule has 4 nitrogen and oxygen atoms in total. The van der Waals surface area contributed by atoms with Crippen LogP contribution in [0.4, 0.5) is 0 Å². The summed E-state index contributed by atoms with van der Waals surface area (Å²) >= 11 is 3.47. The monoisotopic (exact) mass is 280 g/mol. The summed E-state index contributed by atoms with van der Waals surface area (Å²) in [5, 5.41) is 3.39. The molecule has 16 heavy (non-hydrogen) atoms. The first-order valence-electron chi connectivity index (χ1n) is 5.46. The molecule has 2 aromatic rings. The first kappa shape index (κ1) is 10.2. The number of nitrogens with zero attached hydrogens (tertiary/aromatic N) is 3. The van der Waals surface area contributed by atoms with Gasteiger partial charge in [0.1, 0.15) is 5.82 Å². The molecular formula is C11H13BrN4. The number of imidazole rings is 1. The van der Waals surface area contributed by atoms with Gasteiger partial charge in [-0.2, -0.15) is 0 Å². The number of hydrogen-bond acceptors (Lipinski definition) is 3. The van der Waals surface area contributed by atoms with E-state index >= 15 is 0 Å². The Hall–Kier alpha value is -0.940. The molecule has 1 fully saturated rings. The third-order valence-corrected chi connectivity index (χ3v) is 3.52. The van der Waals surface area contributed by atoms with Gasteiger partial charge in [0.05, 0.1) is 5.52 Å². The largest absolute Gasteiger partial charge is 0.322 e. The van der Waals surface area contributed by atoms with Gasteiger partial charge in [0.15, 0.2) is 5.65 Å². The molecule has 0 bridgehead atoms. The van der Waals surface area contributed by atoms with Gasteiger partial charge in [-0.3, -0.25) is 0 Å². The van der Waals surface area contributed by atoms with Crippen LogP contribution in [0.2, 0.25) is 0 Å². The number of fused-ring (bicyclic) bond motifs is 1. The van der Waals surface area contributed by atoms with Gasteiger partial charge in [-0.25, -0.2) is 9.97 Å². The molecule has 84 valence electrons. The molecule has 0 spiro atoms. The molecule has 2 aromatic heterocycles. The molecule has 5 heteroatoms. The zero-order valence-electron chi connectivity index (χ0n) is 9.07. The van der Waals surface area contributed by atoms with Gasteiger partial charge in [0.2, 0.25) is 0 Å². The molecule has 1 aliphatic rings. The SMILES string of the molecule is Cc1nc2ncc(Br)cc2n1[C@H]1CCNC1. The molecule has 3 rings (SSSR count). The van der Waals surface area contributed by atoms with Crippen molar-refractivity contribution in [1.82, 2.24) is 19.9 Å². The predicted octanol–water partition coefficient (Wildman–Crippen LogP) is 2.04. The quantitative estimate of drug-likeness (QED) is 0.869. The second-order valence-corrected chi connectivity index (χ2v) is 5.09. The van der Waals surface area contributed by atoms with E-state index in [-0.39, 0.29) is 0 Å². The molecule has 1 aliphatic heterocycles. The minimum atomic E-state index is 0.515. The first-order chi connectivity index (χ1) is 7.75. The third kappa shape index (κ3) is 1.55. The lowest BCUT2D eigenvalue weighted by atomic mass is 10.2. The van der Waals surface area contributed by atoms with Crippen molar-refractivity contribution in [3.63, 3.8) is 0 Å². The van der Waals surface area contributed by atoms with E-state index in [4.69, 9.17) is 0 Å². The van der Waals surface area contributed by atoms with Crippen molar-refractivity contribution in [2.75, 3.05) is 13.1 Å². The van der Waals surface area contributed by atoms with Crippen molar-refractivity contribution in [1.29, 1.82) is 0 Å². The first-order valence-corrected chi connectivity index (χ1v) is 6.26. The fourth-order valence-corrected chi connectivity index (χ4v) is 2.71. The van der Waals surface area contributed by atoms with E-state index in [1.54, 1.807) is 6.20 Å². The lowest BCUT2D eigenvalue weighted by molar-refractivity contribution is 0.548. The summed E-state index contributed by atoms with van der Waals surface area (Å²) in [7, 11) is 0. The smallest absolute Gasteiger partial charge is 0.177 e. The van der Waals surface area contributed by atoms with Crippen LogP contribution in [0.15, 0.2) is 16.7 Å². The maximum atomic E-state index is 4.50. The molecule has 1 N–H and O–H groups in total. The zero-order chi connectivity index (χ0) is 11.1. The minimum Gasteiger partial charge on any atom is -0.322 e. The summed E-state index contributed by atoms with van der Waals surface area (Å²) in [5.41, 5.74) is 1.97. The maximum Gasteiger partial charge on any atom is 0.177 e. The van der Waals surface area contributed by atoms with E-state index in [2.05, 4.69) is 41.8 Å². The van der Waals surface area contributed by atoms with E-state index < -0.39 is 0 Å². The molecule has 0 saturated carbocycles. The Morgan fingerprint density at radius 2 is 2.44 bits per heavy atom. The van der Waals surface area contributed by atoms with E-state index in [0.29, 0.717) is 6.04 Å². The van der Waals surface area contributed by atoms with Crippen molar-refractivity contribution >= 4 is 27.1 Å². The van der Waals surface area contributed by atoms with Crippen LogP contribution < -0.4 is 5.32 Å². The second-order valence-electron chi connectivity index (χ2n) is 4.17. The summed E-state index contributed by atoms with van der Waals surface area (Å²) in [6.45, 7) is 4.16. The van der Waals surface area contributed by atoms with Gasteiger partial charge in [-0.05, 0) is 41.9 Å². The summed E-state index contributed by atoms with van der Waals surface area (Å²) in [4.78, 5) is 8.84. The lowest BCUT2D eigenvalue weighted by Crippen LogP contribution is -2.14. The van der Waals surface area contributed by atoms with Crippen LogP contribution >= 0.6 is 15.9 Å². The number of hydrogen-bond donors (Lipinski definition) is 1. The lowest BCUT2D eigenvalue weighted by Gasteiger charge is -2.13. The fourth-order valence-electron chi connectivity index (χ4n) is 2.39. The maximum absolute atomic E-state index is 4.50. The molecule has 0 radical (unpaired) electrons. The second kappa shape index (κ2) is 3.82. The number of pyridine rings is 1. The van der Waals surface area contributed by atoms with Crippen LogP contribution in [0, 0.1) is 6.92 Å². The summed E-state index contributed by atoms with van der Waals surface area (Å²) in [6, 6.07) is 2.61. The highest BCUT2D eigenvalue weighted by atomic mass is 79.9. The van der Waals surface area contributed by atoms with Crippen LogP contribution in [0.1, 0.15) is 18.3 Å². The van der Waals surface area contributed by atoms with Crippen molar-refractivity contribution in [3.05, 3.63) is 22.6 Å². The van der Waals surface area contributed by atoms with Gasteiger partial charge >= 0.3 is 0 Å². The number of aryl methyl sites for hydroxylation is 1. The molecule has 0 unspecified atom stereocenters. The average Bonchev–Trinajstić information content (AvgIpc) is 2.83. The predicted molar refractivity (Wildman–Crippen MR) is 66.5 cm³/mol. The Morgan fingerprint density at radius 1 is 1.56 bits per heavy atom. The Balaban J connectivity index is 2.20. The number of nitrogens with one attached hydrogen (secondary N) is 1. The molecular weight excluding hydrogens is 268 g/mol. The van der Waals surface area contributed by atoms with Gasteiger partial charge in [-0.1, -0.05) is 0 Å². The molecule has 0 amide bonds. The Labute approximate surface area is 102 Å². The highest BCUT2D eigenvalue weighted by molar-refractivity contribution is 9.10. The van der Waals surface area contributed by atoms with E-state index in [1.165, 1.54) is 6.42 Å². The average molecular weight is 281 g/mol. The van der Waals surface area contributed by atoms with Gasteiger partial charge in [-0.15, -0.1) is 0 Å². The molecule has 1 saturated heterocycles. The number of aromatic nitrogens is 3. The molecule has 0 aromatic carbocycles. The Morgan fingerprint density at radius 3 is 3.19 bits per heavy atom. The Bertz CT molecular complexity index is 528. The van der Waals surface area contributed by atoms with Crippen LogP contribution in [0.25, 0.3) is 11.2 Å². The summed E-state index contributed by atoms with van der Waals surface area (Å²) in [5.74, 6) is 1.05. The van der Waals surface area contributed by atoms with Crippen molar-refractivity contribution < 1.29 is 0 Å². The van der Waals surface area contributed by atoms with Crippen LogP contribution in [-0.4, -0.2) is 27.6 Å². The fraction of sp³-hybridized carbons (Fsp3) is 0.455. The molecule has 0 aliphatic carbocycles. The van der Waals surface area contributed by atoms with E-state index in [9.17, 15) is 0 Å². The number of rotatable bonds is 1. The van der Waals surface area contributed by atoms with Gasteiger partial charge in [0, 0.05) is 23.3 Å². The summed E-state index contributed by atoms with van der Waals surface area (Å²) in [6.07, 6.45) is 2.96.